The number of amides is 1. The molecule has 0 aliphatic rings. The number of sulfone groups is 1. The van der Waals surface area contributed by atoms with Crippen LogP contribution in [-0.2, 0) is 9.84 Å². The highest BCUT2D eigenvalue weighted by molar-refractivity contribution is 7.90. The minimum absolute atomic E-state index is 0.115. The van der Waals surface area contributed by atoms with Crippen LogP contribution in [0.2, 0.25) is 0 Å². The molecule has 0 radical (unpaired) electrons. The summed E-state index contributed by atoms with van der Waals surface area (Å²) in [5.41, 5.74) is 3.41. The fourth-order valence-corrected chi connectivity index (χ4v) is 3.57. The highest BCUT2D eigenvalue weighted by Gasteiger charge is 2.25. The Morgan fingerprint density at radius 2 is 1.84 bits per heavy atom. The van der Waals surface area contributed by atoms with Crippen LogP contribution in [0.15, 0.2) is 47.8 Å². The third kappa shape index (κ3) is 2.91. The van der Waals surface area contributed by atoms with E-state index >= 15 is 0 Å². The number of imidazole rings is 1. The van der Waals surface area contributed by atoms with Gasteiger partial charge in [-0.3, -0.25) is 9.20 Å². The fraction of sp³-hybridized carbons (Fsp3) is 0.222. The van der Waals surface area contributed by atoms with Gasteiger partial charge in [0.25, 0.3) is 5.91 Å². The highest BCUT2D eigenvalue weighted by Crippen LogP contribution is 2.25. The van der Waals surface area contributed by atoms with E-state index in [0.717, 1.165) is 23.1 Å². The third-order valence-corrected chi connectivity index (χ3v) is 5.24. The highest BCUT2D eigenvalue weighted by atomic mass is 32.2. The van der Waals surface area contributed by atoms with E-state index in [-0.39, 0.29) is 16.8 Å². The maximum absolute atomic E-state index is 13.0. The van der Waals surface area contributed by atoms with Gasteiger partial charge in [-0.25, -0.2) is 13.4 Å². The molecule has 2 aromatic heterocycles. The number of anilines is 1. The quantitative estimate of drug-likeness (QED) is 0.722. The first-order valence-corrected chi connectivity index (χ1v) is 9.62. The van der Waals surface area contributed by atoms with Gasteiger partial charge in [-0.05, 0) is 43.2 Å². The number of aromatic nitrogens is 2. The van der Waals surface area contributed by atoms with Crippen molar-refractivity contribution < 1.29 is 13.2 Å². The van der Waals surface area contributed by atoms with Crippen molar-refractivity contribution in [3.05, 3.63) is 59.4 Å². The fourth-order valence-electron chi connectivity index (χ4n) is 2.80. The molecule has 7 heteroatoms. The predicted octanol–water partition coefficient (Wildman–Crippen LogP) is 2.63. The molecule has 0 N–H and O–H groups in total. The number of rotatable bonds is 3. The average molecular weight is 357 g/mol. The number of carbonyl (C=O) groups is 1. The molecule has 0 saturated heterocycles. The molecule has 0 fully saturated rings. The first-order chi connectivity index (χ1) is 11.7. The lowest BCUT2D eigenvalue weighted by Gasteiger charge is -2.19. The average Bonchev–Trinajstić information content (AvgIpc) is 2.96. The number of aryl methyl sites for hydroxylation is 1. The van der Waals surface area contributed by atoms with Crippen LogP contribution in [0.25, 0.3) is 5.52 Å². The molecule has 2 heterocycles. The Morgan fingerprint density at radius 3 is 2.52 bits per heavy atom. The van der Waals surface area contributed by atoms with Crippen molar-refractivity contribution in [3.63, 3.8) is 0 Å². The van der Waals surface area contributed by atoms with Gasteiger partial charge in [-0.1, -0.05) is 18.2 Å². The maximum Gasteiger partial charge on any atom is 0.278 e. The number of fused-ring (bicyclic) bond motifs is 1. The van der Waals surface area contributed by atoms with Crippen LogP contribution >= 0.6 is 0 Å². The van der Waals surface area contributed by atoms with Crippen LogP contribution in [0.4, 0.5) is 5.69 Å². The smallest absolute Gasteiger partial charge is 0.278 e. The molecule has 1 amide bonds. The Hall–Kier alpha value is -2.67. The first-order valence-electron chi connectivity index (χ1n) is 7.73. The van der Waals surface area contributed by atoms with Crippen molar-refractivity contribution in [1.29, 1.82) is 0 Å². The van der Waals surface area contributed by atoms with E-state index in [1.807, 2.05) is 32.0 Å². The summed E-state index contributed by atoms with van der Waals surface area (Å²) in [4.78, 5) is 18.7. The van der Waals surface area contributed by atoms with Crippen molar-refractivity contribution in [2.24, 2.45) is 0 Å². The number of hydrogen-bond donors (Lipinski definition) is 0. The Bertz CT molecular complexity index is 1080. The summed E-state index contributed by atoms with van der Waals surface area (Å²) >= 11 is 0. The van der Waals surface area contributed by atoms with Gasteiger partial charge in [0.2, 0.25) is 15.0 Å². The summed E-state index contributed by atoms with van der Waals surface area (Å²) in [6.07, 6.45) is 2.67. The molecule has 6 nitrogen and oxygen atoms in total. The molecule has 0 aliphatic carbocycles. The van der Waals surface area contributed by atoms with E-state index in [9.17, 15) is 13.2 Å². The van der Waals surface area contributed by atoms with Crippen LogP contribution in [0.5, 0.6) is 0 Å². The van der Waals surface area contributed by atoms with Crippen LogP contribution in [0.3, 0.4) is 0 Å². The zero-order valence-electron chi connectivity index (χ0n) is 14.5. The molecule has 1 aromatic carbocycles. The lowest BCUT2D eigenvalue weighted by atomic mass is 10.1. The Balaban J connectivity index is 2.16. The largest absolute Gasteiger partial charge is 0.310 e. The SMILES string of the molecule is Cc1cccc(N(C)C(=O)c2nc(S(C)(=O)=O)n3ccccc23)c1C. The maximum atomic E-state index is 13.0. The van der Waals surface area contributed by atoms with Gasteiger partial charge in [-0.15, -0.1) is 0 Å². The van der Waals surface area contributed by atoms with Crippen LogP contribution in [0, 0.1) is 13.8 Å². The van der Waals surface area contributed by atoms with E-state index in [2.05, 4.69) is 4.98 Å². The number of pyridine rings is 1. The molecule has 25 heavy (non-hydrogen) atoms. The normalized spacial score (nSPS) is 11.7. The summed E-state index contributed by atoms with van der Waals surface area (Å²) in [5, 5.41) is -0.138. The summed E-state index contributed by atoms with van der Waals surface area (Å²) in [6.45, 7) is 3.92. The van der Waals surface area contributed by atoms with Gasteiger partial charge in [0.1, 0.15) is 0 Å². The van der Waals surface area contributed by atoms with E-state index in [1.165, 1.54) is 9.30 Å². The molecule has 0 spiro atoms. The van der Waals surface area contributed by atoms with E-state index in [4.69, 9.17) is 0 Å². The van der Waals surface area contributed by atoms with Crippen LogP contribution in [0.1, 0.15) is 21.6 Å². The van der Waals surface area contributed by atoms with E-state index in [0.29, 0.717) is 5.52 Å². The summed E-state index contributed by atoms with van der Waals surface area (Å²) < 4.78 is 25.5. The standard InChI is InChI=1S/C18H19N3O3S/c1-12-8-7-10-14(13(12)2)20(3)17(22)16-15-9-5-6-11-21(15)18(19-16)25(4,23)24/h5-11H,1-4H3. The topological polar surface area (TPSA) is 71.8 Å². The van der Waals surface area contributed by atoms with Crippen LogP contribution in [-0.4, -0.2) is 37.0 Å². The molecule has 0 saturated carbocycles. The minimum atomic E-state index is -3.57. The molecule has 3 rings (SSSR count). The zero-order valence-corrected chi connectivity index (χ0v) is 15.3. The predicted molar refractivity (Wildman–Crippen MR) is 97.0 cm³/mol. The summed E-state index contributed by atoms with van der Waals surface area (Å²) in [7, 11) is -1.90. The summed E-state index contributed by atoms with van der Waals surface area (Å²) in [5.74, 6) is -0.354. The second-order valence-corrected chi connectivity index (χ2v) is 7.96. The van der Waals surface area contributed by atoms with Gasteiger partial charge in [0.15, 0.2) is 5.69 Å². The molecule has 0 unspecified atom stereocenters. The molecule has 0 aliphatic heterocycles. The first kappa shape index (κ1) is 17.2. The lowest BCUT2D eigenvalue weighted by molar-refractivity contribution is 0.0990. The second kappa shape index (κ2) is 6.00. The lowest BCUT2D eigenvalue weighted by Crippen LogP contribution is -2.27. The molecule has 0 bridgehead atoms. The Labute approximate surface area is 146 Å². The number of carbonyl (C=O) groups excluding carboxylic acids is 1. The van der Waals surface area contributed by atoms with Crippen molar-refractivity contribution >= 4 is 26.9 Å². The Kier molecular flexibility index (Phi) is 4.12. The van der Waals surface area contributed by atoms with E-state index < -0.39 is 9.84 Å². The van der Waals surface area contributed by atoms with Gasteiger partial charge in [0, 0.05) is 25.2 Å². The third-order valence-electron chi connectivity index (χ3n) is 4.29. The van der Waals surface area contributed by atoms with Gasteiger partial charge in [-0.2, -0.15) is 0 Å². The molecular formula is C18H19N3O3S. The monoisotopic (exact) mass is 357 g/mol. The van der Waals surface area contributed by atoms with Crippen molar-refractivity contribution in [3.8, 4) is 0 Å². The summed E-state index contributed by atoms with van der Waals surface area (Å²) in [6, 6.07) is 10.9. The number of nitrogens with zero attached hydrogens (tertiary/aromatic N) is 3. The molecule has 3 aromatic rings. The molecular weight excluding hydrogens is 338 g/mol. The second-order valence-electron chi connectivity index (χ2n) is 6.05. The van der Waals surface area contributed by atoms with Crippen LogP contribution < -0.4 is 4.90 Å². The van der Waals surface area contributed by atoms with Crippen molar-refractivity contribution in [1.82, 2.24) is 9.38 Å². The Morgan fingerprint density at radius 1 is 1.12 bits per heavy atom. The van der Waals surface area contributed by atoms with Gasteiger partial charge in [0.05, 0.1) is 5.52 Å². The minimum Gasteiger partial charge on any atom is -0.310 e. The van der Waals surface area contributed by atoms with Gasteiger partial charge >= 0.3 is 0 Å². The van der Waals surface area contributed by atoms with Crippen molar-refractivity contribution in [2.75, 3.05) is 18.2 Å². The van der Waals surface area contributed by atoms with E-state index in [1.54, 1.807) is 31.4 Å². The molecule has 130 valence electrons. The number of hydrogen-bond acceptors (Lipinski definition) is 4. The van der Waals surface area contributed by atoms with Crippen molar-refractivity contribution in [2.45, 2.75) is 19.0 Å². The zero-order chi connectivity index (χ0) is 18.4. The number of benzene rings is 1. The van der Waals surface area contributed by atoms with Gasteiger partial charge < -0.3 is 4.90 Å². The molecule has 0 atom stereocenters.